The van der Waals surface area contributed by atoms with E-state index in [9.17, 15) is 18.0 Å². The Kier molecular flexibility index (Phi) is 7.79. The number of amides is 1. The molecule has 3 rings (SSSR count). The van der Waals surface area contributed by atoms with E-state index in [1.165, 1.54) is 18.2 Å². The average molecular weight is 465 g/mol. The molecule has 0 spiro atoms. The summed E-state index contributed by atoms with van der Waals surface area (Å²) in [5, 5.41) is 11.4. The van der Waals surface area contributed by atoms with E-state index < -0.39 is 17.6 Å². The third kappa shape index (κ3) is 5.82. The normalized spacial score (nSPS) is 11.4. The van der Waals surface area contributed by atoms with Gasteiger partial charge in [0.1, 0.15) is 5.75 Å². The number of thioether (sulfide) groups is 1. The van der Waals surface area contributed by atoms with E-state index in [1.807, 2.05) is 28.8 Å². The maximum Gasteiger partial charge on any atom is 0.418 e. The molecule has 0 aliphatic rings. The van der Waals surface area contributed by atoms with Crippen molar-refractivity contribution in [1.29, 1.82) is 0 Å². The molecule has 1 amide bonds. The molecule has 1 N–H and O–H groups in total. The Morgan fingerprint density at radius 1 is 1.12 bits per heavy atom. The fraction of sp³-hybridized carbons (Fsp3) is 0.318. The van der Waals surface area contributed by atoms with Gasteiger partial charge in [-0.1, -0.05) is 37.2 Å². The first-order chi connectivity index (χ1) is 15.3. The number of alkyl halides is 3. The van der Waals surface area contributed by atoms with Gasteiger partial charge in [-0.2, -0.15) is 13.2 Å². The molecule has 6 nitrogen and oxygen atoms in total. The maximum atomic E-state index is 13.1. The Bertz CT molecular complexity index is 1050. The minimum absolute atomic E-state index is 0.0982. The molecule has 10 heteroatoms. The third-order valence-electron chi connectivity index (χ3n) is 4.64. The molecule has 0 saturated heterocycles. The molecule has 0 aliphatic heterocycles. The molecule has 0 radical (unpaired) electrons. The van der Waals surface area contributed by atoms with Crippen LogP contribution in [0.1, 0.15) is 25.3 Å². The van der Waals surface area contributed by atoms with Gasteiger partial charge in [0.2, 0.25) is 5.91 Å². The molecule has 0 atom stereocenters. The standard InChI is InChI=1S/C22H23F3N4O2S/c1-3-4-13-29-20(15-9-11-16(31-2)12-10-15)27-28-21(29)32-14-19(30)26-18-8-6-5-7-17(18)22(23,24)25/h5-12H,3-4,13-14H2,1-2H3,(H,26,30). The molecule has 0 aliphatic carbocycles. The molecule has 32 heavy (non-hydrogen) atoms. The molecular weight excluding hydrogens is 441 g/mol. The van der Waals surface area contributed by atoms with Crippen LogP contribution >= 0.6 is 11.8 Å². The maximum absolute atomic E-state index is 13.1. The molecule has 3 aromatic rings. The SMILES string of the molecule is CCCCn1c(SCC(=O)Nc2ccccc2C(F)(F)F)nnc1-c1ccc(OC)cc1. The number of rotatable bonds is 9. The summed E-state index contributed by atoms with van der Waals surface area (Å²) in [6.45, 7) is 2.72. The fourth-order valence-electron chi connectivity index (χ4n) is 3.02. The van der Waals surface area contributed by atoms with Crippen molar-refractivity contribution in [3.05, 3.63) is 54.1 Å². The van der Waals surface area contributed by atoms with E-state index in [0.717, 1.165) is 42.0 Å². The molecule has 1 heterocycles. The Morgan fingerprint density at radius 2 is 1.84 bits per heavy atom. The van der Waals surface area contributed by atoms with Gasteiger partial charge in [0.15, 0.2) is 11.0 Å². The predicted octanol–water partition coefficient (Wildman–Crippen LogP) is 5.50. The monoisotopic (exact) mass is 464 g/mol. The summed E-state index contributed by atoms with van der Waals surface area (Å²) in [5.74, 6) is 0.729. The number of halogens is 3. The zero-order valence-corrected chi connectivity index (χ0v) is 18.5. The van der Waals surface area contributed by atoms with Crippen LogP contribution in [0.25, 0.3) is 11.4 Å². The summed E-state index contributed by atoms with van der Waals surface area (Å²) in [4.78, 5) is 12.4. The summed E-state index contributed by atoms with van der Waals surface area (Å²) in [6, 6.07) is 12.3. The molecule has 1 aromatic heterocycles. The number of hydrogen-bond donors (Lipinski definition) is 1. The number of carbonyl (C=O) groups excluding carboxylic acids is 1. The number of carbonyl (C=O) groups is 1. The predicted molar refractivity (Wildman–Crippen MR) is 118 cm³/mol. The summed E-state index contributed by atoms with van der Waals surface area (Å²) in [6.07, 6.45) is -2.70. The fourth-order valence-corrected chi connectivity index (χ4v) is 3.79. The third-order valence-corrected chi connectivity index (χ3v) is 5.61. The van der Waals surface area contributed by atoms with Crippen molar-refractivity contribution < 1.29 is 22.7 Å². The first-order valence-electron chi connectivity index (χ1n) is 10.00. The van der Waals surface area contributed by atoms with E-state index in [1.54, 1.807) is 7.11 Å². The van der Waals surface area contributed by atoms with Crippen LogP contribution in [0.3, 0.4) is 0 Å². The second-order valence-electron chi connectivity index (χ2n) is 6.92. The molecule has 0 fully saturated rings. The lowest BCUT2D eigenvalue weighted by Crippen LogP contribution is -2.18. The van der Waals surface area contributed by atoms with Crippen molar-refractivity contribution >= 4 is 23.4 Å². The summed E-state index contributed by atoms with van der Waals surface area (Å²) in [7, 11) is 1.59. The minimum Gasteiger partial charge on any atom is -0.497 e. The van der Waals surface area contributed by atoms with Crippen LogP contribution in [0.5, 0.6) is 5.75 Å². The van der Waals surface area contributed by atoms with Gasteiger partial charge in [0.05, 0.1) is 24.1 Å². The van der Waals surface area contributed by atoms with Gasteiger partial charge in [-0.3, -0.25) is 4.79 Å². The summed E-state index contributed by atoms with van der Waals surface area (Å²) >= 11 is 1.13. The highest BCUT2D eigenvalue weighted by Crippen LogP contribution is 2.34. The van der Waals surface area contributed by atoms with Crippen molar-refractivity contribution in [3.63, 3.8) is 0 Å². The lowest BCUT2D eigenvalue weighted by atomic mass is 10.1. The number of unbranched alkanes of at least 4 members (excludes halogenated alkanes) is 1. The van der Waals surface area contributed by atoms with Crippen molar-refractivity contribution in [3.8, 4) is 17.1 Å². The number of nitrogens with one attached hydrogen (secondary N) is 1. The van der Waals surface area contributed by atoms with Gasteiger partial charge in [0, 0.05) is 12.1 Å². The van der Waals surface area contributed by atoms with Crippen LogP contribution in [-0.2, 0) is 17.5 Å². The van der Waals surface area contributed by atoms with Crippen LogP contribution in [-0.4, -0.2) is 33.5 Å². The number of aromatic nitrogens is 3. The highest BCUT2D eigenvalue weighted by molar-refractivity contribution is 7.99. The second kappa shape index (κ2) is 10.5. The zero-order valence-electron chi connectivity index (χ0n) is 17.6. The molecule has 2 aromatic carbocycles. The average Bonchev–Trinajstić information content (AvgIpc) is 3.18. The number of nitrogens with zero attached hydrogens (tertiary/aromatic N) is 3. The molecular formula is C22H23F3N4O2S. The van der Waals surface area contributed by atoms with Gasteiger partial charge in [0.25, 0.3) is 0 Å². The van der Waals surface area contributed by atoms with Crippen molar-refractivity contribution in [2.24, 2.45) is 0 Å². The lowest BCUT2D eigenvalue weighted by Gasteiger charge is -2.13. The first kappa shape index (κ1) is 23.6. The number of anilines is 1. The highest BCUT2D eigenvalue weighted by atomic mass is 32.2. The first-order valence-corrected chi connectivity index (χ1v) is 11.0. The smallest absolute Gasteiger partial charge is 0.418 e. The molecule has 0 unspecified atom stereocenters. The quantitative estimate of drug-likeness (QED) is 0.423. The largest absolute Gasteiger partial charge is 0.497 e. The number of hydrogen-bond acceptors (Lipinski definition) is 5. The van der Waals surface area contributed by atoms with Crippen LogP contribution in [0.15, 0.2) is 53.7 Å². The zero-order chi connectivity index (χ0) is 23.1. The Labute approximate surface area is 188 Å². The number of ether oxygens (including phenoxy) is 1. The number of para-hydroxylation sites is 1. The lowest BCUT2D eigenvalue weighted by molar-refractivity contribution is -0.137. The van der Waals surface area contributed by atoms with E-state index in [4.69, 9.17) is 4.74 Å². The van der Waals surface area contributed by atoms with E-state index in [2.05, 4.69) is 22.4 Å². The van der Waals surface area contributed by atoms with Gasteiger partial charge < -0.3 is 14.6 Å². The summed E-state index contributed by atoms with van der Waals surface area (Å²) < 4.78 is 46.5. The number of benzene rings is 2. The van der Waals surface area contributed by atoms with Crippen molar-refractivity contribution in [2.75, 3.05) is 18.2 Å². The van der Waals surface area contributed by atoms with E-state index >= 15 is 0 Å². The van der Waals surface area contributed by atoms with E-state index in [-0.39, 0.29) is 11.4 Å². The topological polar surface area (TPSA) is 69.0 Å². The Balaban J connectivity index is 1.74. The van der Waals surface area contributed by atoms with Crippen molar-refractivity contribution in [1.82, 2.24) is 14.8 Å². The Hall–Kier alpha value is -3.01. The van der Waals surface area contributed by atoms with Gasteiger partial charge in [-0.05, 0) is 42.8 Å². The van der Waals surface area contributed by atoms with Gasteiger partial charge >= 0.3 is 6.18 Å². The van der Waals surface area contributed by atoms with E-state index in [0.29, 0.717) is 17.5 Å². The molecule has 170 valence electrons. The Morgan fingerprint density at radius 3 is 2.50 bits per heavy atom. The second-order valence-corrected chi connectivity index (χ2v) is 7.86. The summed E-state index contributed by atoms with van der Waals surface area (Å²) in [5.41, 5.74) is -0.298. The number of methoxy groups -OCH3 is 1. The van der Waals surface area contributed by atoms with Crippen LogP contribution in [0.2, 0.25) is 0 Å². The minimum atomic E-state index is -4.55. The van der Waals surface area contributed by atoms with Gasteiger partial charge in [-0.15, -0.1) is 10.2 Å². The van der Waals surface area contributed by atoms with Crippen LogP contribution in [0.4, 0.5) is 18.9 Å². The highest BCUT2D eigenvalue weighted by Gasteiger charge is 2.33. The van der Waals surface area contributed by atoms with Gasteiger partial charge in [-0.25, -0.2) is 0 Å². The molecule has 0 saturated carbocycles. The molecule has 0 bridgehead atoms. The van der Waals surface area contributed by atoms with Crippen LogP contribution in [0, 0.1) is 0 Å². The van der Waals surface area contributed by atoms with Crippen LogP contribution < -0.4 is 10.1 Å². The van der Waals surface area contributed by atoms with Crippen molar-refractivity contribution in [2.45, 2.75) is 37.6 Å².